The van der Waals surface area contributed by atoms with Crippen LogP contribution in [-0.4, -0.2) is 50.1 Å². The van der Waals surface area contributed by atoms with Crippen LogP contribution in [0.4, 0.5) is 0 Å². The fraction of sp³-hybridized carbons (Fsp3) is 0.450. The average molecular weight is 365 g/mol. The SMILES string of the molecule is Cn1nc(C(=O)N2Cc3ccnn3C(COCC3CC3)C2)c2ccccc21. The summed E-state index contributed by atoms with van der Waals surface area (Å²) in [6.07, 6.45) is 4.34. The number of aryl methyl sites for hydroxylation is 1. The first kappa shape index (κ1) is 16.5. The minimum atomic E-state index is -0.0357. The third kappa shape index (κ3) is 3.02. The molecule has 3 heterocycles. The van der Waals surface area contributed by atoms with Gasteiger partial charge in [-0.15, -0.1) is 0 Å². The van der Waals surface area contributed by atoms with Gasteiger partial charge in [0.1, 0.15) is 0 Å². The van der Waals surface area contributed by atoms with Crippen LogP contribution in [0, 0.1) is 5.92 Å². The Kier molecular flexibility index (Phi) is 3.97. The van der Waals surface area contributed by atoms with Crippen molar-refractivity contribution in [2.45, 2.75) is 25.4 Å². The summed E-state index contributed by atoms with van der Waals surface area (Å²) >= 11 is 0. The van der Waals surface area contributed by atoms with Crippen LogP contribution in [0.5, 0.6) is 0 Å². The van der Waals surface area contributed by atoms with E-state index in [4.69, 9.17) is 4.74 Å². The van der Waals surface area contributed by atoms with E-state index in [1.807, 2.05) is 47.0 Å². The maximum absolute atomic E-state index is 13.3. The number of fused-ring (bicyclic) bond motifs is 2. The van der Waals surface area contributed by atoms with E-state index in [9.17, 15) is 4.79 Å². The van der Waals surface area contributed by atoms with Gasteiger partial charge in [-0.05, 0) is 30.9 Å². The Morgan fingerprint density at radius 3 is 2.93 bits per heavy atom. The largest absolute Gasteiger partial charge is 0.379 e. The minimum Gasteiger partial charge on any atom is -0.379 e. The molecule has 1 unspecified atom stereocenters. The first-order chi connectivity index (χ1) is 13.2. The van der Waals surface area contributed by atoms with Crippen molar-refractivity contribution in [1.82, 2.24) is 24.5 Å². The van der Waals surface area contributed by atoms with Crippen molar-refractivity contribution in [3.05, 3.63) is 47.9 Å². The predicted octanol–water partition coefficient (Wildman–Crippen LogP) is 2.39. The number of carbonyl (C=O) groups excluding carboxylic acids is 1. The van der Waals surface area contributed by atoms with Crippen LogP contribution >= 0.6 is 0 Å². The number of amides is 1. The van der Waals surface area contributed by atoms with Gasteiger partial charge in [-0.25, -0.2) is 0 Å². The first-order valence-electron chi connectivity index (χ1n) is 9.52. The molecular weight excluding hydrogens is 342 g/mol. The fourth-order valence-corrected chi connectivity index (χ4v) is 3.84. The van der Waals surface area contributed by atoms with Gasteiger partial charge in [0.15, 0.2) is 5.69 Å². The smallest absolute Gasteiger partial charge is 0.275 e. The normalized spacial score (nSPS) is 19.4. The summed E-state index contributed by atoms with van der Waals surface area (Å²) in [4.78, 5) is 15.1. The average Bonchev–Trinajstić information content (AvgIpc) is 3.27. The highest BCUT2D eigenvalue weighted by Crippen LogP contribution is 2.30. The van der Waals surface area contributed by atoms with Gasteiger partial charge in [0.05, 0.1) is 30.4 Å². The van der Waals surface area contributed by atoms with Crippen LogP contribution in [0.25, 0.3) is 10.9 Å². The van der Waals surface area contributed by atoms with E-state index >= 15 is 0 Å². The highest BCUT2D eigenvalue weighted by molar-refractivity contribution is 6.04. The van der Waals surface area contributed by atoms with Gasteiger partial charge in [-0.3, -0.25) is 14.2 Å². The summed E-state index contributed by atoms with van der Waals surface area (Å²) in [6.45, 7) is 2.52. The Bertz CT molecular complexity index is 987. The molecule has 5 rings (SSSR count). The molecule has 2 aliphatic rings. The third-order valence-corrected chi connectivity index (χ3v) is 5.49. The zero-order valence-electron chi connectivity index (χ0n) is 15.4. The fourth-order valence-electron chi connectivity index (χ4n) is 3.84. The van der Waals surface area contributed by atoms with E-state index < -0.39 is 0 Å². The van der Waals surface area contributed by atoms with Crippen LogP contribution in [0.1, 0.15) is 35.1 Å². The number of hydrogen-bond donors (Lipinski definition) is 0. The second kappa shape index (κ2) is 6.49. The number of rotatable bonds is 5. The molecule has 1 aromatic carbocycles. The molecular formula is C20H23N5O2. The maximum Gasteiger partial charge on any atom is 0.275 e. The number of nitrogens with zero attached hydrogens (tertiary/aromatic N) is 5. The summed E-state index contributed by atoms with van der Waals surface area (Å²) < 4.78 is 9.69. The van der Waals surface area contributed by atoms with Crippen molar-refractivity contribution >= 4 is 16.8 Å². The zero-order chi connectivity index (χ0) is 18.4. The van der Waals surface area contributed by atoms with Crippen molar-refractivity contribution in [3.8, 4) is 0 Å². The molecule has 0 spiro atoms. The van der Waals surface area contributed by atoms with Crippen LogP contribution < -0.4 is 0 Å². The van der Waals surface area contributed by atoms with Gasteiger partial charge in [0, 0.05) is 31.8 Å². The Hall–Kier alpha value is -2.67. The highest BCUT2D eigenvalue weighted by atomic mass is 16.5. The molecule has 0 radical (unpaired) electrons. The number of benzene rings is 1. The van der Waals surface area contributed by atoms with E-state index in [1.54, 1.807) is 10.9 Å². The summed E-state index contributed by atoms with van der Waals surface area (Å²) in [6, 6.07) is 9.87. The molecule has 3 aromatic rings. The molecule has 1 atom stereocenters. The third-order valence-electron chi connectivity index (χ3n) is 5.49. The number of hydrogen-bond acceptors (Lipinski definition) is 4. The second-order valence-electron chi connectivity index (χ2n) is 7.58. The molecule has 0 saturated heterocycles. The molecule has 1 aliphatic carbocycles. The van der Waals surface area contributed by atoms with Gasteiger partial charge in [0.2, 0.25) is 0 Å². The van der Waals surface area contributed by atoms with E-state index in [-0.39, 0.29) is 11.9 Å². The van der Waals surface area contributed by atoms with Crippen molar-refractivity contribution in [2.24, 2.45) is 13.0 Å². The quantitative estimate of drug-likeness (QED) is 0.696. The number of ether oxygens (including phenoxy) is 1. The monoisotopic (exact) mass is 365 g/mol. The standard InChI is InChI=1S/C20H23N5O2/c1-23-18-5-3-2-4-17(18)19(22-23)20(26)24-10-15-8-9-21-25(15)16(11-24)13-27-12-14-6-7-14/h2-5,8-9,14,16H,6-7,10-13H2,1H3. The summed E-state index contributed by atoms with van der Waals surface area (Å²) in [5.41, 5.74) is 2.51. The molecule has 0 N–H and O–H groups in total. The van der Waals surface area contributed by atoms with E-state index in [2.05, 4.69) is 10.2 Å². The molecule has 1 saturated carbocycles. The lowest BCUT2D eigenvalue weighted by Gasteiger charge is -2.33. The molecule has 1 aliphatic heterocycles. The molecule has 140 valence electrons. The predicted molar refractivity (Wildman–Crippen MR) is 100 cm³/mol. The summed E-state index contributed by atoms with van der Waals surface area (Å²) in [5.74, 6) is 0.690. The van der Waals surface area contributed by atoms with E-state index in [0.717, 1.165) is 29.1 Å². The van der Waals surface area contributed by atoms with Crippen LogP contribution in [-0.2, 0) is 18.3 Å². The minimum absolute atomic E-state index is 0.0357. The van der Waals surface area contributed by atoms with Gasteiger partial charge in [-0.1, -0.05) is 18.2 Å². The van der Waals surface area contributed by atoms with Crippen molar-refractivity contribution in [1.29, 1.82) is 0 Å². The lowest BCUT2D eigenvalue weighted by molar-refractivity contribution is 0.0464. The molecule has 2 aromatic heterocycles. The summed E-state index contributed by atoms with van der Waals surface area (Å²) in [5, 5.41) is 9.84. The van der Waals surface area contributed by atoms with Crippen LogP contribution in [0.2, 0.25) is 0 Å². The molecule has 7 heteroatoms. The topological polar surface area (TPSA) is 65.2 Å². The molecule has 1 fully saturated rings. The van der Waals surface area contributed by atoms with Crippen molar-refractivity contribution < 1.29 is 9.53 Å². The van der Waals surface area contributed by atoms with Gasteiger partial charge < -0.3 is 9.64 Å². The lowest BCUT2D eigenvalue weighted by atomic mass is 10.1. The Balaban J connectivity index is 1.40. The highest BCUT2D eigenvalue weighted by Gasteiger charge is 2.31. The molecule has 27 heavy (non-hydrogen) atoms. The maximum atomic E-state index is 13.3. The molecule has 0 bridgehead atoms. The van der Waals surface area contributed by atoms with Crippen molar-refractivity contribution in [3.63, 3.8) is 0 Å². The zero-order valence-corrected chi connectivity index (χ0v) is 15.4. The van der Waals surface area contributed by atoms with E-state index in [0.29, 0.717) is 25.4 Å². The second-order valence-corrected chi connectivity index (χ2v) is 7.58. The van der Waals surface area contributed by atoms with Crippen LogP contribution in [0.15, 0.2) is 36.5 Å². The Morgan fingerprint density at radius 2 is 2.07 bits per heavy atom. The molecule has 7 nitrogen and oxygen atoms in total. The van der Waals surface area contributed by atoms with E-state index in [1.165, 1.54) is 12.8 Å². The van der Waals surface area contributed by atoms with Gasteiger partial charge >= 0.3 is 0 Å². The first-order valence-corrected chi connectivity index (χ1v) is 9.52. The lowest BCUT2D eigenvalue weighted by Crippen LogP contribution is -2.43. The Morgan fingerprint density at radius 1 is 1.22 bits per heavy atom. The Labute approximate surface area is 157 Å². The van der Waals surface area contributed by atoms with Crippen molar-refractivity contribution in [2.75, 3.05) is 19.8 Å². The number of para-hydroxylation sites is 1. The number of aromatic nitrogens is 4. The van der Waals surface area contributed by atoms with Crippen LogP contribution in [0.3, 0.4) is 0 Å². The number of carbonyl (C=O) groups is 1. The summed E-state index contributed by atoms with van der Waals surface area (Å²) in [7, 11) is 1.87. The molecule has 1 amide bonds. The van der Waals surface area contributed by atoms with Gasteiger partial charge in [-0.2, -0.15) is 10.2 Å². The van der Waals surface area contributed by atoms with Gasteiger partial charge in [0.25, 0.3) is 5.91 Å².